The van der Waals surface area contributed by atoms with Crippen LogP contribution < -0.4 is 10.6 Å². The molecule has 2 N–H and O–H groups in total. The molecule has 2 rings (SSSR count). The quantitative estimate of drug-likeness (QED) is 0.476. The Morgan fingerprint density at radius 1 is 1.30 bits per heavy atom. The summed E-state index contributed by atoms with van der Waals surface area (Å²) in [6.45, 7) is 0.981. The standard InChI is InChI=1S/C16H20N4O3/c17-11-13-10-14(6-7-15(13)20(22)23)18-8-9-19-16(21)12-4-2-1-3-5-12/h6-7,10,12,18H,1-5,8-9H2,(H,19,21). The summed E-state index contributed by atoms with van der Waals surface area (Å²) in [7, 11) is 0. The molecular formula is C16H20N4O3. The second-order valence-electron chi connectivity index (χ2n) is 5.65. The Morgan fingerprint density at radius 2 is 2.04 bits per heavy atom. The number of carbonyl (C=O) groups excluding carboxylic acids is 1. The fourth-order valence-electron chi connectivity index (χ4n) is 2.80. The number of hydrogen-bond donors (Lipinski definition) is 2. The third-order valence-corrected chi connectivity index (χ3v) is 4.04. The van der Waals surface area contributed by atoms with E-state index in [9.17, 15) is 14.9 Å². The van der Waals surface area contributed by atoms with Gasteiger partial charge in [0.15, 0.2) is 0 Å². The molecule has 1 aliphatic rings. The molecule has 0 bridgehead atoms. The second-order valence-corrected chi connectivity index (χ2v) is 5.65. The van der Waals surface area contributed by atoms with Crippen LogP contribution in [-0.2, 0) is 4.79 Å². The minimum Gasteiger partial charge on any atom is -0.383 e. The summed E-state index contributed by atoms with van der Waals surface area (Å²) in [6.07, 6.45) is 5.39. The summed E-state index contributed by atoms with van der Waals surface area (Å²) in [4.78, 5) is 22.2. The molecule has 1 fully saturated rings. The summed E-state index contributed by atoms with van der Waals surface area (Å²) >= 11 is 0. The van der Waals surface area contributed by atoms with Crippen LogP contribution in [0.4, 0.5) is 11.4 Å². The number of nitro groups is 1. The zero-order chi connectivity index (χ0) is 16.7. The number of nitrogens with one attached hydrogen (secondary N) is 2. The third-order valence-electron chi connectivity index (χ3n) is 4.04. The van der Waals surface area contributed by atoms with Crippen LogP contribution in [0.15, 0.2) is 18.2 Å². The van der Waals surface area contributed by atoms with Crippen LogP contribution in [0.2, 0.25) is 0 Å². The first-order valence-corrected chi connectivity index (χ1v) is 7.82. The Labute approximate surface area is 134 Å². The van der Waals surface area contributed by atoms with E-state index in [-0.39, 0.29) is 23.1 Å². The molecule has 0 radical (unpaired) electrons. The van der Waals surface area contributed by atoms with Crippen LogP contribution in [0.1, 0.15) is 37.7 Å². The van der Waals surface area contributed by atoms with E-state index >= 15 is 0 Å². The van der Waals surface area contributed by atoms with Gasteiger partial charge in [-0.15, -0.1) is 0 Å². The minimum absolute atomic E-state index is 0.0197. The van der Waals surface area contributed by atoms with Crippen LogP contribution in [0.3, 0.4) is 0 Å². The van der Waals surface area contributed by atoms with Crippen molar-refractivity contribution in [1.29, 1.82) is 5.26 Å². The molecule has 1 amide bonds. The van der Waals surface area contributed by atoms with Crippen molar-refractivity contribution in [2.45, 2.75) is 32.1 Å². The van der Waals surface area contributed by atoms with Gasteiger partial charge in [-0.25, -0.2) is 0 Å². The second kappa shape index (κ2) is 8.13. The van der Waals surface area contributed by atoms with Gasteiger partial charge in [-0.2, -0.15) is 5.26 Å². The normalized spacial score (nSPS) is 14.7. The predicted molar refractivity (Wildman–Crippen MR) is 85.9 cm³/mol. The van der Waals surface area contributed by atoms with E-state index in [0.717, 1.165) is 25.7 Å². The maximum atomic E-state index is 12.0. The minimum atomic E-state index is -0.577. The van der Waals surface area contributed by atoms with Crippen molar-refractivity contribution in [3.05, 3.63) is 33.9 Å². The summed E-state index contributed by atoms with van der Waals surface area (Å²) in [5, 5.41) is 25.7. The van der Waals surface area contributed by atoms with Gasteiger partial charge >= 0.3 is 0 Å². The number of rotatable bonds is 6. The van der Waals surface area contributed by atoms with Crippen molar-refractivity contribution in [3.63, 3.8) is 0 Å². The summed E-state index contributed by atoms with van der Waals surface area (Å²) < 4.78 is 0. The molecule has 7 nitrogen and oxygen atoms in total. The Morgan fingerprint density at radius 3 is 2.70 bits per heavy atom. The largest absolute Gasteiger partial charge is 0.383 e. The topological polar surface area (TPSA) is 108 Å². The SMILES string of the molecule is N#Cc1cc(NCCNC(=O)C2CCCCC2)ccc1[N+](=O)[O-]. The van der Waals surface area contributed by atoms with Gasteiger partial charge in [0.05, 0.1) is 4.92 Å². The lowest BCUT2D eigenvalue weighted by atomic mass is 9.89. The molecule has 7 heteroatoms. The van der Waals surface area contributed by atoms with Gasteiger partial charge in [0.25, 0.3) is 5.69 Å². The number of nitriles is 1. The van der Waals surface area contributed by atoms with Gasteiger partial charge in [-0.3, -0.25) is 14.9 Å². The Hall–Kier alpha value is -2.62. The highest BCUT2D eigenvalue weighted by Crippen LogP contribution is 2.23. The molecule has 1 aromatic rings. The lowest BCUT2D eigenvalue weighted by molar-refractivity contribution is -0.385. The van der Waals surface area contributed by atoms with Gasteiger partial charge in [-0.1, -0.05) is 19.3 Å². The van der Waals surface area contributed by atoms with Crippen molar-refractivity contribution in [3.8, 4) is 6.07 Å². The highest BCUT2D eigenvalue weighted by molar-refractivity contribution is 5.78. The van der Waals surface area contributed by atoms with E-state index < -0.39 is 4.92 Å². The number of hydrogen-bond acceptors (Lipinski definition) is 5. The van der Waals surface area contributed by atoms with Gasteiger partial charge in [0.1, 0.15) is 11.6 Å². The fraction of sp³-hybridized carbons (Fsp3) is 0.500. The lowest BCUT2D eigenvalue weighted by Gasteiger charge is -2.20. The first-order valence-electron chi connectivity index (χ1n) is 7.82. The van der Waals surface area contributed by atoms with Crippen LogP contribution in [-0.4, -0.2) is 23.9 Å². The molecule has 0 unspecified atom stereocenters. The van der Waals surface area contributed by atoms with Crippen LogP contribution >= 0.6 is 0 Å². The van der Waals surface area contributed by atoms with E-state index in [4.69, 9.17) is 5.26 Å². The molecule has 0 spiro atoms. The number of nitrogens with zero attached hydrogens (tertiary/aromatic N) is 2. The van der Waals surface area contributed by atoms with Crippen LogP contribution in [0.25, 0.3) is 0 Å². The predicted octanol–water partition coefficient (Wildman–Crippen LogP) is 2.57. The summed E-state index contributed by atoms with van der Waals surface area (Å²) in [6, 6.07) is 6.13. The molecule has 0 saturated heterocycles. The number of nitro benzene ring substituents is 1. The first kappa shape index (κ1) is 16.7. The first-order chi connectivity index (χ1) is 11.1. The summed E-state index contributed by atoms with van der Waals surface area (Å²) in [5.41, 5.74) is 0.439. The molecule has 1 saturated carbocycles. The highest BCUT2D eigenvalue weighted by atomic mass is 16.6. The van der Waals surface area contributed by atoms with E-state index in [0.29, 0.717) is 18.8 Å². The maximum absolute atomic E-state index is 12.0. The lowest BCUT2D eigenvalue weighted by Crippen LogP contribution is -2.34. The monoisotopic (exact) mass is 316 g/mol. The zero-order valence-electron chi connectivity index (χ0n) is 12.9. The van der Waals surface area contributed by atoms with E-state index in [1.807, 2.05) is 6.07 Å². The molecule has 0 atom stereocenters. The summed E-state index contributed by atoms with van der Waals surface area (Å²) in [5.74, 6) is 0.237. The molecule has 0 heterocycles. The van der Waals surface area contributed by atoms with Crippen LogP contribution in [0, 0.1) is 27.4 Å². The van der Waals surface area contributed by atoms with E-state index in [1.165, 1.54) is 18.6 Å². The Balaban J connectivity index is 1.79. The van der Waals surface area contributed by atoms with Crippen molar-refractivity contribution >= 4 is 17.3 Å². The van der Waals surface area contributed by atoms with Crippen molar-refractivity contribution < 1.29 is 9.72 Å². The molecular weight excluding hydrogens is 296 g/mol. The number of benzene rings is 1. The zero-order valence-corrected chi connectivity index (χ0v) is 12.9. The van der Waals surface area contributed by atoms with Crippen molar-refractivity contribution in [2.75, 3.05) is 18.4 Å². The fourth-order valence-corrected chi connectivity index (χ4v) is 2.80. The Kier molecular flexibility index (Phi) is 5.92. The molecule has 0 aliphatic heterocycles. The average molecular weight is 316 g/mol. The smallest absolute Gasteiger partial charge is 0.287 e. The number of amides is 1. The molecule has 122 valence electrons. The average Bonchev–Trinajstić information content (AvgIpc) is 2.58. The molecule has 0 aromatic heterocycles. The van der Waals surface area contributed by atoms with Gasteiger partial charge in [-0.05, 0) is 25.0 Å². The Bertz CT molecular complexity index is 618. The van der Waals surface area contributed by atoms with Gasteiger partial charge < -0.3 is 10.6 Å². The molecule has 1 aliphatic carbocycles. The van der Waals surface area contributed by atoms with Gasteiger partial charge in [0, 0.05) is 30.8 Å². The van der Waals surface area contributed by atoms with Crippen molar-refractivity contribution in [2.24, 2.45) is 5.92 Å². The highest BCUT2D eigenvalue weighted by Gasteiger charge is 2.20. The molecule has 1 aromatic carbocycles. The third kappa shape index (κ3) is 4.68. The maximum Gasteiger partial charge on any atom is 0.287 e. The number of anilines is 1. The molecule has 23 heavy (non-hydrogen) atoms. The van der Waals surface area contributed by atoms with E-state index in [1.54, 1.807) is 6.07 Å². The number of carbonyl (C=O) groups is 1. The van der Waals surface area contributed by atoms with E-state index in [2.05, 4.69) is 10.6 Å². The van der Waals surface area contributed by atoms with Crippen LogP contribution in [0.5, 0.6) is 0 Å². The van der Waals surface area contributed by atoms with Crippen molar-refractivity contribution in [1.82, 2.24) is 5.32 Å². The van der Waals surface area contributed by atoms with Gasteiger partial charge in [0.2, 0.25) is 5.91 Å².